The van der Waals surface area contributed by atoms with E-state index in [-0.39, 0.29) is 13.0 Å². The smallest absolute Gasteiger partial charge is 0.318 e. The first-order valence-electron chi connectivity index (χ1n) is 4.22. The zero-order chi connectivity index (χ0) is 11.9. The van der Waals surface area contributed by atoms with Crippen molar-refractivity contribution >= 4 is 22.0 Å². The lowest BCUT2D eigenvalue weighted by Gasteiger charge is -2.04. The van der Waals surface area contributed by atoms with E-state index in [0.29, 0.717) is 0 Å². The standard InChI is InChI=1S/C7H13NO6S/c1-2-14-7(11)3-4-15(12,13)8-5-6(9)10/h8H,2-5H2,1H3,(H,9,10). The molecule has 0 unspecified atom stereocenters. The number of carbonyl (C=O) groups excluding carboxylic acids is 1. The van der Waals surface area contributed by atoms with Crippen molar-refractivity contribution in [3.63, 3.8) is 0 Å². The molecule has 7 nitrogen and oxygen atoms in total. The van der Waals surface area contributed by atoms with E-state index in [0.717, 1.165) is 0 Å². The SMILES string of the molecule is CCOC(=O)CCS(=O)(=O)NCC(=O)O. The van der Waals surface area contributed by atoms with Gasteiger partial charge in [0.05, 0.1) is 18.8 Å². The van der Waals surface area contributed by atoms with E-state index < -0.39 is 34.3 Å². The minimum atomic E-state index is -3.72. The highest BCUT2D eigenvalue weighted by molar-refractivity contribution is 7.89. The van der Waals surface area contributed by atoms with Gasteiger partial charge in [0.2, 0.25) is 10.0 Å². The Labute approximate surface area is 87.5 Å². The van der Waals surface area contributed by atoms with E-state index in [1.54, 1.807) is 6.92 Å². The van der Waals surface area contributed by atoms with Gasteiger partial charge >= 0.3 is 11.9 Å². The molecule has 0 spiro atoms. The highest BCUT2D eigenvalue weighted by atomic mass is 32.2. The van der Waals surface area contributed by atoms with Crippen molar-refractivity contribution < 1.29 is 27.9 Å². The maximum Gasteiger partial charge on any atom is 0.318 e. The number of carbonyl (C=O) groups is 2. The first-order valence-corrected chi connectivity index (χ1v) is 5.87. The summed E-state index contributed by atoms with van der Waals surface area (Å²) in [6, 6.07) is 0. The van der Waals surface area contributed by atoms with Crippen LogP contribution < -0.4 is 4.72 Å². The van der Waals surface area contributed by atoms with Crippen LogP contribution in [0.5, 0.6) is 0 Å². The van der Waals surface area contributed by atoms with Crippen LogP contribution in [0.4, 0.5) is 0 Å². The van der Waals surface area contributed by atoms with Crippen molar-refractivity contribution in [1.29, 1.82) is 0 Å². The Morgan fingerprint density at radius 2 is 2.00 bits per heavy atom. The van der Waals surface area contributed by atoms with Crippen LogP contribution in [0.25, 0.3) is 0 Å². The predicted molar refractivity (Wildman–Crippen MR) is 50.7 cm³/mol. The van der Waals surface area contributed by atoms with Gasteiger partial charge in [-0.1, -0.05) is 0 Å². The maximum atomic E-state index is 11.1. The minimum absolute atomic E-state index is 0.182. The van der Waals surface area contributed by atoms with Crippen molar-refractivity contribution in [1.82, 2.24) is 4.72 Å². The third-order valence-electron chi connectivity index (χ3n) is 1.32. The zero-order valence-electron chi connectivity index (χ0n) is 8.23. The fraction of sp³-hybridized carbons (Fsp3) is 0.714. The second kappa shape index (κ2) is 6.36. The number of ether oxygens (including phenoxy) is 1. The van der Waals surface area contributed by atoms with Crippen LogP contribution in [0.15, 0.2) is 0 Å². The van der Waals surface area contributed by atoms with E-state index in [1.165, 1.54) is 0 Å². The molecule has 0 aromatic rings. The molecule has 0 amide bonds. The van der Waals surface area contributed by atoms with Crippen LogP contribution >= 0.6 is 0 Å². The molecule has 0 aromatic heterocycles. The van der Waals surface area contributed by atoms with Crippen LogP contribution in [0.2, 0.25) is 0 Å². The highest BCUT2D eigenvalue weighted by Crippen LogP contribution is 1.92. The summed E-state index contributed by atoms with van der Waals surface area (Å²) in [5.41, 5.74) is 0. The number of esters is 1. The molecular weight excluding hydrogens is 226 g/mol. The molecular formula is C7H13NO6S. The number of aliphatic carboxylic acids is 1. The summed E-state index contributed by atoms with van der Waals surface area (Å²) in [5, 5.41) is 8.22. The molecule has 0 heterocycles. The average molecular weight is 239 g/mol. The Morgan fingerprint density at radius 1 is 1.40 bits per heavy atom. The molecule has 2 N–H and O–H groups in total. The number of sulfonamides is 1. The quantitative estimate of drug-likeness (QED) is 0.548. The molecule has 0 bridgehead atoms. The second-order valence-corrected chi connectivity index (χ2v) is 4.52. The Hall–Kier alpha value is -1.15. The first-order chi connectivity index (χ1) is 6.87. The van der Waals surface area contributed by atoms with Crippen molar-refractivity contribution in [2.24, 2.45) is 0 Å². The van der Waals surface area contributed by atoms with E-state index in [1.807, 2.05) is 4.72 Å². The van der Waals surface area contributed by atoms with Crippen LogP contribution in [0, 0.1) is 0 Å². The summed E-state index contributed by atoms with van der Waals surface area (Å²) < 4.78 is 28.5. The van der Waals surface area contributed by atoms with Crippen molar-refractivity contribution in [3.05, 3.63) is 0 Å². The monoisotopic (exact) mass is 239 g/mol. The number of nitrogens with one attached hydrogen (secondary N) is 1. The number of hydrogen-bond donors (Lipinski definition) is 2. The van der Waals surface area contributed by atoms with Gasteiger partial charge in [0.1, 0.15) is 6.54 Å². The Bertz CT molecular complexity index is 322. The molecule has 0 aliphatic heterocycles. The van der Waals surface area contributed by atoms with Gasteiger partial charge in [0, 0.05) is 0 Å². The Kier molecular flexibility index (Phi) is 5.87. The summed E-state index contributed by atoms with van der Waals surface area (Å²) >= 11 is 0. The highest BCUT2D eigenvalue weighted by Gasteiger charge is 2.14. The summed E-state index contributed by atoms with van der Waals surface area (Å²) in [6.45, 7) is 1.10. The maximum absolute atomic E-state index is 11.1. The van der Waals surface area contributed by atoms with Crippen molar-refractivity contribution in [2.75, 3.05) is 18.9 Å². The lowest BCUT2D eigenvalue weighted by atomic mass is 10.5. The molecule has 8 heteroatoms. The normalized spacial score (nSPS) is 11.0. The molecule has 15 heavy (non-hydrogen) atoms. The molecule has 0 saturated carbocycles. The van der Waals surface area contributed by atoms with Gasteiger partial charge in [-0.25, -0.2) is 13.1 Å². The number of rotatable bonds is 7. The summed E-state index contributed by atoms with van der Waals surface area (Å²) in [7, 11) is -3.72. The molecule has 0 aliphatic carbocycles. The number of carboxylic acids is 1. The van der Waals surface area contributed by atoms with Crippen LogP contribution in [-0.2, 0) is 24.3 Å². The van der Waals surface area contributed by atoms with Crippen LogP contribution in [-0.4, -0.2) is 44.4 Å². The van der Waals surface area contributed by atoms with Gasteiger partial charge in [-0.15, -0.1) is 0 Å². The largest absolute Gasteiger partial charge is 0.480 e. The fourth-order valence-electron chi connectivity index (χ4n) is 0.695. The summed E-state index contributed by atoms with van der Waals surface area (Å²) in [6.07, 6.45) is -0.289. The van der Waals surface area contributed by atoms with E-state index >= 15 is 0 Å². The Balaban J connectivity index is 3.94. The third-order valence-corrected chi connectivity index (χ3v) is 2.65. The average Bonchev–Trinajstić information content (AvgIpc) is 2.13. The van der Waals surface area contributed by atoms with Gasteiger partial charge in [-0.2, -0.15) is 0 Å². The lowest BCUT2D eigenvalue weighted by molar-refractivity contribution is -0.142. The zero-order valence-corrected chi connectivity index (χ0v) is 9.04. The minimum Gasteiger partial charge on any atom is -0.480 e. The van der Waals surface area contributed by atoms with Crippen molar-refractivity contribution in [2.45, 2.75) is 13.3 Å². The van der Waals surface area contributed by atoms with Gasteiger partial charge in [0.15, 0.2) is 0 Å². The lowest BCUT2D eigenvalue weighted by Crippen LogP contribution is -2.32. The first kappa shape index (κ1) is 13.8. The Morgan fingerprint density at radius 3 is 2.47 bits per heavy atom. The molecule has 0 aliphatic rings. The molecule has 0 radical (unpaired) electrons. The van der Waals surface area contributed by atoms with Crippen LogP contribution in [0.1, 0.15) is 13.3 Å². The molecule has 0 saturated heterocycles. The summed E-state index contributed by atoms with van der Waals surface area (Å²) in [5.74, 6) is -2.38. The molecule has 88 valence electrons. The topological polar surface area (TPSA) is 110 Å². The number of carboxylic acid groups (broad SMARTS) is 1. The van der Waals surface area contributed by atoms with Gasteiger partial charge < -0.3 is 9.84 Å². The summed E-state index contributed by atoms with van der Waals surface area (Å²) in [4.78, 5) is 20.9. The predicted octanol–water partition coefficient (Wildman–Crippen LogP) is -1.06. The molecule has 0 atom stereocenters. The third kappa shape index (κ3) is 7.89. The van der Waals surface area contributed by atoms with E-state index in [2.05, 4.69) is 4.74 Å². The van der Waals surface area contributed by atoms with Crippen LogP contribution in [0.3, 0.4) is 0 Å². The second-order valence-electron chi connectivity index (χ2n) is 2.59. The van der Waals surface area contributed by atoms with Gasteiger partial charge in [-0.3, -0.25) is 9.59 Å². The molecule has 0 fully saturated rings. The fourth-order valence-corrected chi connectivity index (χ4v) is 1.62. The van der Waals surface area contributed by atoms with Gasteiger partial charge in [-0.05, 0) is 6.92 Å². The van der Waals surface area contributed by atoms with E-state index in [4.69, 9.17) is 5.11 Å². The number of hydrogen-bond acceptors (Lipinski definition) is 5. The van der Waals surface area contributed by atoms with Crippen molar-refractivity contribution in [3.8, 4) is 0 Å². The van der Waals surface area contributed by atoms with E-state index in [9.17, 15) is 18.0 Å². The molecule has 0 aromatic carbocycles. The molecule has 0 rings (SSSR count). The van der Waals surface area contributed by atoms with Gasteiger partial charge in [0.25, 0.3) is 0 Å².